The lowest BCUT2D eigenvalue weighted by Crippen LogP contribution is -2.31. The third-order valence-electron chi connectivity index (χ3n) is 5.07. The SMILES string of the molecule is CCN(CC)S(=O)(=O)c1cc(C(=O)NCc2cccc3ccccc23)ccc1OC. The Morgan fingerprint density at radius 1 is 1.00 bits per heavy atom. The van der Waals surface area contributed by atoms with Crippen LogP contribution in [-0.2, 0) is 16.6 Å². The number of carbonyl (C=O) groups excluding carboxylic acids is 1. The number of methoxy groups -OCH3 is 1. The van der Waals surface area contributed by atoms with Gasteiger partial charge in [0.15, 0.2) is 0 Å². The number of rotatable bonds is 8. The molecule has 0 aromatic heterocycles. The fourth-order valence-corrected chi connectivity index (χ4v) is 5.09. The Bertz CT molecular complexity index is 1150. The Balaban J connectivity index is 1.88. The highest BCUT2D eigenvalue weighted by atomic mass is 32.2. The van der Waals surface area contributed by atoms with Gasteiger partial charge >= 0.3 is 0 Å². The Morgan fingerprint density at radius 2 is 1.70 bits per heavy atom. The quantitative estimate of drug-likeness (QED) is 0.594. The van der Waals surface area contributed by atoms with Gasteiger partial charge in [-0.3, -0.25) is 4.79 Å². The van der Waals surface area contributed by atoms with Gasteiger partial charge in [-0.15, -0.1) is 0 Å². The van der Waals surface area contributed by atoms with Gasteiger partial charge in [-0.2, -0.15) is 4.31 Å². The first-order valence-corrected chi connectivity index (χ1v) is 11.3. The Hall–Kier alpha value is -2.90. The summed E-state index contributed by atoms with van der Waals surface area (Å²) >= 11 is 0. The first-order valence-electron chi connectivity index (χ1n) is 9.85. The molecule has 6 nitrogen and oxygen atoms in total. The molecule has 0 heterocycles. The van der Waals surface area contributed by atoms with E-state index in [0.717, 1.165) is 16.3 Å². The van der Waals surface area contributed by atoms with Gasteiger partial charge < -0.3 is 10.1 Å². The third-order valence-corrected chi connectivity index (χ3v) is 7.14. The van der Waals surface area contributed by atoms with Crippen molar-refractivity contribution in [3.63, 3.8) is 0 Å². The maximum absolute atomic E-state index is 13.0. The van der Waals surface area contributed by atoms with Crippen molar-refractivity contribution in [1.82, 2.24) is 9.62 Å². The Labute approximate surface area is 177 Å². The average molecular weight is 427 g/mol. The van der Waals surface area contributed by atoms with Gasteiger partial charge in [0.05, 0.1) is 7.11 Å². The summed E-state index contributed by atoms with van der Waals surface area (Å²) < 4.78 is 32.6. The molecule has 3 aromatic carbocycles. The summed E-state index contributed by atoms with van der Waals surface area (Å²) in [5.41, 5.74) is 1.26. The fourth-order valence-electron chi connectivity index (χ4n) is 3.45. The fraction of sp³-hybridized carbons (Fsp3) is 0.261. The molecule has 0 atom stereocenters. The van der Waals surface area contributed by atoms with E-state index in [4.69, 9.17) is 4.74 Å². The van der Waals surface area contributed by atoms with Gasteiger partial charge in [0.1, 0.15) is 10.6 Å². The standard InChI is InChI=1S/C23H26N2O4S/c1-4-25(5-2)30(27,28)22-15-18(13-14-21(22)29-3)23(26)24-16-19-11-8-10-17-9-6-7-12-20(17)19/h6-15H,4-5,16H2,1-3H3,(H,24,26). The molecule has 30 heavy (non-hydrogen) atoms. The normalized spacial score (nSPS) is 11.6. The van der Waals surface area contributed by atoms with Crippen LogP contribution in [0.4, 0.5) is 0 Å². The molecule has 0 saturated heterocycles. The number of benzene rings is 3. The smallest absolute Gasteiger partial charge is 0.251 e. The van der Waals surface area contributed by atoms with Crippen LogP contribution >= 0.6 is 0 Å². The maximum Gasteiger partial charge on any atom is 0.251 e. The monoisotopic (exact) mass is 426 g/mol. The second kappa shape index (κ2) is 9.28. The molecule has 1 N–H and O–H groups in total. The highest BCUT2D eigenvalue weighted by Crippen LogP contribution is 2.28. The van der Waals surface area contributed by atoms with Crippen LogP contribution in [0.3, 0.4) is 0 Å². The molecule has 0 aliphatic rings. The number of carbonyl (C=O) groups is 1. The molecule has 158 valence electrons. The topological polar surface area (TPSA) is 75.7 Å². The van der Waals surface area contributed by atoms with E-state index >= 15 is 0 Å². The van der Waals surface area contributed by atoms with Gasteiger partial charge in [0, 0.05) is 25.2 Å². The summed E-state index contributed by atoms with van der Waals surface area (Å²) in [4.78, 5) is 12.8. The van der Waals surface area contributed by atoms with Crippen LogP contribution in [0.25, 0.3) is 10.8 Å². The Kier molecular flexibility index (Phi) is 6.74. The minimum atomic E-state index is -3.77. The van der Waals surface area contributed by atoms with Crippen molar-refractivity contribution in [2.45, 2.75) is 25.3 Å². The summed E-state index contributed by atoms with van der Waals surface area (Å²) in [6, 6.07) is 18.4. The lowest BCUT2D eigenvalue weighted by atomic mass is 10.0. The van der Waals surface area contributed by atoms with Crippen molar-refractivity contribution in [3.8, 4) is 5.75 Å². The molecule has 0 spiro atoms. The van der Waals surface area contributed by atoms with Crippen LogP contribution < -0.4 is 10.1 Å². The molecule has 3 aromatic rings. The second-order valence-corrected chi connectivity index (χ2v) is 8.68. The van der Waals surface area contributed by atoms with E-state index in [1.807, 2.05) is 42.5 Å². The van der Waals surface area contributed by atoms with Crippen molar-refractivity contribution in [2.24, 2.45) is 0 Å². The zero-order valence-electron chi connectivity index (χ0n) is 17.4. The van der Waals surface area contributed by atoms with E-state index in [2.05, 4.69) is 5.32 Å². The van der Waals surface area contributed by atoms with Crippen molar-refractivity contribution in [1.29, 1.82) is 0 Å². The maximum atomic E-state index is 13.0. The highest BCUT2D eigenvalue weighted by molar-refractivity contribution is 7.89. The van der Waals surface area contributed by atoms with Gasteiger partial charge in [0.25, 0.3) is 5.91 Å². The highest BCUT2D eigenvalue weighted by Gasteiger charge is 2.26. The second-order valence-electron chi connectivity index (χ2n) is 6.78. The van der Waals surface area contributed by atoms with E-state index in [1.54, 1.807) is 19.9 Å². The molecular weight excluding hydrogens is 400 g/mol. The van der Waals surface area contributed by atoms with E-state index < -0.39 is 10.0 Å². The first-order chi connectivity index (χ1) is 14.4. The number of nitrogens with zero attached hydrogens (tertiary/aromatic N) is 1. The van der Waals surface area contributed by atoms with Crippen molar-refractivity contribution >= 4 is 26.7 Å². The van der Waals surface area contributed by atoms with Gasteiger partial charge in [-0.05, 0) is 34.5 Å². The van der Waals surface area contributed by atoms with E-state index in [1.165, 1.54) is 23.5 Å². The summed E-state index contributed by atoms with van der Waals surface area (Å²) in [6.07, 6.45) is 0. The predicted molar refractivity (Wildman–Crippen MR) is 118 cm³/mol. The minimum Gasteiger partial charge on any atom is -0.495 e. The zero-order chi connectivity index (χ0) is 21.7. The summed E-state index contributed by atoms with van der Waals surface area (Å²) in [6.45, 7) is 4.55. The Morgan fingerprint density at radius 3 is 2.40 bits per heavy atom. The van der Waals surface area contributed by atoms with Crippen LogP contribution in [0.1, 0.15) is 29.8 Å². The molecule has 0 aliphatic heterocycles. The van der Waals surface area contributed by atoms with Crippen LogP contribution in [0.5, 0.6) is 5.75 Å². The number of sulfonamides is 1. The molecule has 1 amide bonds. The minimum absolute atomic E-state index is 0.00786. The number of hydrogen-bond acceptors (Lipinski definition) is 4. The summed E-state index contributed by atoms with van der Waals surface area (Å²) in [7, 11) is -2.35. The molecule has 7 heteroatoms. The lowest BCUT2D eigenvalue weighted by Gasteiger charge is -2.20. The van der Waals surface area contributed by atoms with E-state index in [-0.39, 0.29) is 22.1 Å². The van der Waals surface area contributed by atoms with Crippen LogP contribution in [0, 0.1) is 0 Å². The number of ether oxygens (including phenoxy) is 1. The van der Waals surface area contributed by atoms with E-state index in [0.29, 0.717) is 19.6 Å². The number of nitrogens with one attached hydrogen (secondary N) is 1. The predicted octanol–water partition coefficient (Wildman–Crippen LogP) is 3.81. The summed E-state index contributed by atoms with van der Waals surface area (Å²) in [5, 5.41) is 5.06. The van der Waals surface area contributed by atoms with Crippen molar-refractivity contribution < 1.29 is 17.9 Å². The molecule has 0 aliphatic carbocycles. The molecule has 0 fully saturated rings. The van der Waals surface area contributed by atoms with Crippen LogP contribution in [0.15, 0.2) is 65.6 Å². The van der Waals surface area contributed by atoms with Crippen molar-refractivity contribution in [3.05, 3.63) is 71.8 Å². The number of fused-ring (bicyclic) bond motifs is 1. The molecule has 0 saturated carbocycles. The number of amides is 1. The number of hydrogen-bond donors (Lipinski definition) is 1. The summed E-state index contributed by atoms with van der Waals surface area (Å²) in [5.74, 6) is -0.130. The van der Waals surface area contributed by atoms with Crippen LogP contribution in [-0.4, -0.2) is 38.8 Å². The molecule has 0 bridgehead atoms. The molecule has 0 unspecified atom stereocenters. The van der Waals surface area contributed by atoms with Crippen molar-refractivity contribution in [2.75, 3.05) is 20.2 Å². The lowest BCUT2D eigenvalue weighted by molar-refractivity contribution is 0.0951. The first kappa shape index (κ1) is 21.8. The molecule has 0 radical (unpaired) electrons. The zero-order valence-corrected chi connectivity index (χ0v) is 18.2. The molecule has 3 rings (SSSR count). The van der Waals surface area contributed by atoms with Crippen LogP contribution in [0.2, 0.25) is 0 Å². The van der Waals surface area contributed by atoms with Gasteiger partial charge in [-0.25, -0.2) is 8.42 Å². The van der Waals surface area contributed by atoms with Gasteiger partial charge in [0.2, 0.25) is 10.0 Å². The largest absolute Gasteiger partial charge is 0.495 e. The van der Waals surface area contributed by atoms with E-state index in [9.17, 15) is 13.2 Å². The molecular formula is C23H26N2O4S. The third kappa shape index (κ3) is 4.32. The average Bonchev–Trinajstić information content (AvgIpc) is 2.77. The van der Waals surface area contributed by atoms with Gasteiger partial charge in [-0.1, -0.05) is 56.3 Å².